The molecule has 0 spiro atoms. The van der Waals surface area contributed by atoms with E-state index >= 15 is 0 Å². The maximum absolute atomic E-state index is 12.6. The SMILES string of the molecule is NCCCCCN(CC(=O)N[C@@H](CCCCN)COC(N)=O)C(=O)OC[C@@H](N)CCCCN. The number of hydrogen-bond donors (Lipinski definition) is 6. The van der Waals surface area contributed by atoms with Crippen molar-refractivity contribution in [1.29, 1.82) is 0 Å². The van der Waals surface area contributed by atoms with Gasteiger partial charge in [-0.1, -0.05) is 19.3 Å². The number of rotatable bonds is 20. The molecule has 0 radical (unpaired) electrons. The van der Waals surface area contributed by atoms with Crippen LogP contribution in [0.2, 0.25) is 0 Å². The fourth-order valence-electron chi connectivity index (χ4n) is 3.12. The van der Waals surface area contributed by atoms with Crippen molar-refractivity contribution in [2.24, 2.45) is 28.7 Å². The van der Waals surface area contributed by atoms with E-state index in [1.807, 2.05) is 0 Å². The predicted molar refractivity (Wildman–Crippen MR) is 127 cm³/mol. The van der Waals surface area contributed by atoms with Gasteiger partial charge in [0.1, 0.15) is 19.8 Å². The molecule has 3 amide bonds. The molecule has 2 atom stereocenters. The predicted octanol–water partition coefficient (Wildman–Crippen LogP) is -0.281. The zero-order valence-corrected chi connectivity index (χ0v) is 19.8. The van der Waals surface area contributed by atoms with E-state index in [4.69, 9.17) is 38.1 Å². The quantitative estimate of drug-likeness (QED) is 0.127. The molecule has 0 rings (SSSR count). The largest absolute Gasteiger partial charge is 0.448 e. The minimum atomic E-state index is -0.916. The summed E-state index contributed by atoms with van der Waals surface area (Å²) in [5.41, 5.74) is 27.6. The van der Waals surface area contributed by atoms with Crippen molar-refractivity contribution in [3.05, 3.63) is 0 Å². The summed E-state index contributed by atoms with van der Waals surface area (Å²) in [6, 6.07) is -0.714. The van der Waals surface area contributed by atoms with Crippen LogP contribution in [0.15, 0.2) is 0 Å². The number of nitrogens with two attached hydrogens (primary N) is 5. The standard InChI is InChI=1S/C21H45N7O5/c22-10-4-1-7-13-28(21(31)33-15-17(25)8-2-5-11-23)14-19(29)27-18(9-3-6-12-24)16-32-20(26)30/h17-18H,1-16,22-25H2,(H2,26,30)(H,27,29)/t17-,18-/m0/s1. The molecule has 33 heavy (non-hydrogen) atoms. The molecular weight excluding hydrogens is 430 g/mol. The van der Waals surface area contributed by atoms with E-state index in [-0.39, 0.29) is 31.7 Å². The Morgan fingerprint density at radius 3 is 2.00 bits per heavy atom. The summed E-state index contributed by atoms with van der Waals surface area (Å²) in [5, 5.41) is 2.80. The van der Waals surface area contributed by atoms with Gasteiger partial charge in [0.2, 0.25) is 5.91 Å². The van der Waals surface area contributed by atoms with E-state index < -0.39 is 18.2 Å². The lowest BCUT2D eigenvalue weighted by atomic mass is 10.1. The monoisotopic (exact) mass is 475 g/mol. The first-order valence-corrected chi connectivity index (χ1v) is 11.8. The van der Waals surface area contributed by atoms with Crippen LogP contribution in [0.4, 0.5) is 9.59 Å². The third-order valence-corrected chi connectivity index (χ3v) is 4.97. The Hall–Kier alpha value is -2.15. The van der Waals surface area contributed by atoms with Crippen LogP contribution < -0.4 is 34.0 Å². The van der Waals surface area contributed by atoms with Crippen LogP contribution in [0.1, 0.15) is 57.8 Å². The Morgan fingerprint density at radius 1 is 0.788 bits per heavy atom. The molecule has 0 bridgehead atoms. The lowest BCUT2D eigenvalue weighted by Crippen LogP contribution is -2.47. The van der Waals surface area contributed by atoms with Gasteiger partial charge in [0.25, 0.3) is 0 Å². The number of ether oxygens (including phenoxy) is 2. The van der Waals surface area contributed by atoms with Crippen LogP contribution in [0.25, 0.3) is 0 Å². The number of hydrogen-bond acceptors (Lipinski definition) is 9. The number of unbranched alkanes of at least 4 members (excludes halogenated alkanes) is 4. The molecule has 12 heteroatoms. The summed E-state index contributed by atoms with van der Waals surface area (Å²) in [7, 11) is 0. The van der Waals surface area contributed by atoms with Crippen LogP contribution in [0.3, 0.4) is 0 Å². The molecule has 11 N–H and O–H groups in total. The Balaban J connectivity index is 4.84. The second-order valence-corrected chi connectivity index (χ2v) is 8.07. The van der Waals surface area contributed by atoms with Crippen molar-refractivity contribution in [2.45, 2.75) is 69.9 Å². The van der Waals surface area contributed by atoms with E-state index in [0.717, 1.165) is 38.5 Å². The minimum absolute atomic E-state index is 0.0513. The first-order chi connectivity index (χ1) is 15.8. The van der Waals surface area contributed by atoms with Crippen molar-refractivity contribution in [2.75, 3.05) is 45.9 Å². The fourth-order valence-corrected chi connectivity index (χ4v) is 3.12. The summed E-state index contributed by atoms with van der Waals surface area (Å²) in [6.45, 7) is 1.86. The molecule has 12 nitrogen and oxygen atoms in total. The Labute approximate surface area is 197 Å². The number of nitrogens with one attached hydrogen (secondary N) is 1. The van der Waals surface area contributed by atoms with Gasteiger partial charge in [-0.15, -0.1) is 0 Å². The molecule has 0 saturated heterocycles. The lowest BCUT2D eigenvalue weighted by Gasteiger charge is -2.24. The van der Waals surface area contributed by atoms with E-state index in [9.17, 15) is 14.4 Å². The summed E-state index contributed by atoms with van der Waals surface area (Å²) >= 11 is 0. The van der Waals surface area contributed by atoms with E-state index in [1.54, 1.807) is 0 Å². The van der Waals surface area contributed by atoms with Gasteiger partial charge in [-0.25, -0.2) is 9.59 Å². The molecular formula is C21H45N7O5. The molecule has 0 unspecified atom stereocenters. The van der Waals surface area contributed by atoms with Gasteiger partial charge in [0.05, 0.1) is 6.04 Å². The molecule has 0 aliphatic heterocycles. The maximum Gasteiger partial charge on any atom is 0.410 e. The van der Waals surface area contributed by atoms with Crippen LogP contribution in [-0.4, -0.2) is 81.0 Å². The molecule has 0 aromatic heterocycles. The number of carbonyl (C=O) groups excluding carboxylic acids is 3. The van der Waals surface area contributed by atoms with Gasteiger partial charge >= 0.3 is 12.2 Å². The molecule has 194 valence electrons. The lowest BCUT2D eigenvalue weighted by molar-refractivity contribution is -0.123. The third kappa shape index (κ3) is 18.0. The van der Waals surface area contributed by atoms with Crippen molar-refractivity contribution in [3.63, 3.8) is 0 Å². The van der Waals surface area contributed by atoms with Gasteiger partial charge in [-0.2, -0.15) is 0 Å². The van der Waals surface area contributed by atoms with Gasteiger partial charge in [-0.3, -0.25) is 9.69 Å². The fraction of sp³-hybridized carbons (Fsp3) is 0.857. The molecule has 0 aliphatic carbocycles. The van der Waals surface area contributed by atoms with Crippen molar-refractivity contribution in [3.8, 4) is 0 Å². The smallest absolute Gasteiger partial charge is 0.410 e. The van der Waals surface area contributed by atoms with Gasteiger partial charge in [0, 0.05) is 12.6 Å². The van der Waals surface area contributed by atoms with Gasteiger partial charge < -0.3 is 43.5 Å². The highest BCUT2D eigenvalue weighted by Gasteiger charge is 2.21. The van der Waals surface area contributed by atoms with Gasteiger partial charge in [-0.05, 0) is 58.2 Å². The van der Waals surface area contributed by atoms with E-state index in [0.29, 0.717) is 45.4 Å². The molecule has 0 fully saturated rings. The average molecular weight is 476 g/mol. The Kier molecular flexibility index (Phi) is 19.1. The first kappa shape index (κ1) is 30.9. The van der Waals surface area contributed by atoms with Crippen LogP contribution in [-0.2, 0) is 14.3 Å². The number of nitrogens with zero attached hydrogens (tertiary/aromatic N) is 1. The second-order valence-electron chi connectivity index (χ2n) is 8.07. The normalized spacial score (nSPS) is 12.6. The minimum Gasteiger partial charge on any atom is -0.448 e. The zero-order valence-electron chi connectivity index (χ0n) is 19.8. The number of carbonyl (C=O) groups is 3. The molecule has 0 aromatic rings. The van der Waals surface area contributed by atoms with E-state index in [2.05, 4.69) is 5.32 Å². The Bertz CT molecular complexity index is 539. The van der Waals surface area contributed by atoms with Crippen LogP contribution in [0, 0.1) is 0 Å². The molecule has 0 heterocycles. The number of amides is 3. The average Bonchev–Trinajstić information content (AvgIpc) is 2.78. The zero-order chi connectivity index (χ0) is 24.9. The summed E-state index contributed by atoms with van der Waals surface area (Å²) in [4.78, 5) is 37.5. The topological polar surface area (TPSA) is 215 Å². The second kappa shape index (κ2) is 20.5. The van der Waals surface area contributed by atoms with Crippen LogP contribution >= 0.6 is 0 Å². The van der Waals surface area contributed by atoms with Gasteiger partial charge in [0.15, 0.2) is 0 Å². The van der Waals surface area contributed by atoms with Crippen molar-refractivity contribution < 1.29 is 23.9 Å². The Morgan fingerprint density at radius 2 is 1.39 bits per heavy atom. The van der Waals surface area contributed by atoms with Crippen molar-refractivity contribution >= 4 is 18.1 Å². The summed E-state index contributed by atoms with van der Waals surface area (Å²) in [6.07, 6.45) is 5.34. The summed E-state index contributed by atoms with van der Waals surface area (Å²) < 4.78 is 10.2. The highest BCUT2D eigenvalue weighted by atomic mass is 16.6. The summed E-state index contributed by atoms with van der Waals surface area (Å²) in [5.74, 6) is -0.385. The maximum atomic E-state index is 12.6. The van der Waals surface area contributed by atoms with Crippen molar-refractivity contribution in [1.82, 2.24) is 10.2 Å². The third-order valence-electron chi connectivity index (χ3n) is 4.97. The van der Waals surface area contributed by atoms with E-state index in [1.165, 1.54) is 4.90 Å². The molecule has 0 aromatic carbocycles. The highest BCUT2D eigenvalue weighted by molar-refractivity contribution is 5.82. The molecule has 0 saturated carbocycles. The first-order valence-electron chi connectivity index (χ1n) is 11.8. The molecule has 0 aliphatic rings. The van der Waals surface area contributed by atoms with Crippen LogP contribution in [0.5, 0.6) is 0 Å². The number of primary amides is 1. The highest BCUT2D eigenvalue weighted by Crippen LogP contribution is 2.05.